The average molecular weight is 311 g/mol. The minimum Gasteiger partial charge on any atom is -0.379 e. The number of ether oxygens (including phenoxy) is 1. The van der Waals surface area contributed by atoms with E-state index < -0.39 is 0 Å². The zero-order valence-electron chi connectivity index (χ0n) is 14.7. The number of hydrogen-bond donors (Lipinski definition) is 1. The second-order valence-electron chi connectivity index (χ2n) is 6.76. The van der Waals surface area contributed by atoms with E-state index in [1.165, 1.54) is 12.8 Å². The van der Waals surface area contributed by atoms with Gasteiger partial charge in [-0.1, -0.05) is 0 Å². The van der Waals surface area contributed by atoms with Crippen LogP contribution in [0.15, 0.2) is 4.99 Å². The van der Waals surface area contributed by atoms with Gasteiger partial charge in [-0.15, -0.1) is 0 Å². The fourth-order valence-corrected chi connectivity index (χ4v) is 2.76. The Bertz CT molecular complexity index is 358. The highest BCUT2D eigenvalue weighted by atomic mass is 16.5. The second-order valence-corrected chi connectivity index (χ2v) is 6.76. The second kappa shape index (κ2) is 8.70. The summed E-state index contributed by atoms with van der Waals surface area (Å²) in [6.45, 7) is 6.91. The maximum Gasteiger partial charge on any atom is 0.193 e. The molecule has 0 aromatic heterocycles. The zero-order valence-corrected chi connectivity index (χ0v) is 14.7. The van der Waals surface area contributed by atoms with Gasteiger partial charge in [-0.3, -0.25) is 9.89 Å². The molecule has 1 N–H and O–H groups in total. The number of nitrogens with zero attached hydrogens (tertiary/aromatic N) is 4. The molecule has 0 bridgehead atoms. The molecular weight excluding hydrogens is 278 g/mol. The van der Waals surface area contributed by atoms with E-state index in [9.17, 15) is 0 Å². The molecule has 1 unspecified atom stereocenters. The topological polar surface area (TPSA) is 43.3 Å². The van der Waals surface area contributed by atoms with Crippen molar-refractivity contribution in [2.24, 2.45) is 10.9 Å². The molecule has 22 heavy (non-hydrogen) atoms. The molecule has 0 aromatic rings. The lowest BCUT2D eigenvalue weighted by molar-refractivity contribution is 0.111. The van der Waals surface area contributed by atoms with E-state index in [0.29, 0.717) is 6.04 Å². The summed E-state index contributed by atoms with van der Waals surface area (Å²) >= 11 is 0. The van der Waals surface area contributed by atoms with Gasteiger partial charge in [-0.2, -0.15) is 0 Å². The first kappa shape index (κ1) is 17.5. The molecule has 0 radical (unpaired) electrons. The number of nitrogens with one attached hydrogen (secondary N) is 1. The van der Waals surface area contributed by atoms with E-state index in [1.807, 2.05) is 7.05 Å². The third kappa shape index (κ3) is 5.74. The maximum absolute atomic E-state index is 5.71. The Morgan fingerprint density at radius 2 is 2.09 bits per heavy atom. The van der Waals surface area contributed by atoms with Crippen molar-refractivity contribution in [1.29, 1.82) is 0 Å². The Hall–Kier alpha value is -0.850. The molecule has 0 amide bonds. The van der Waals surface area contributed by atoms with Crippen molar-refractivity contribution in [3.8, 4) is 0 Å². The van der Waals surface area contributed by atoms with Gasteiger partial charge in [0.2, 0.25) is 0 Å². The molecule has 1 saturated heterocycles. The molecular formula is C16H33N5O. The van der Waals surface area contributed by atoms with E-state index >= 15 is 0 Å². The largest absolute Gasteiger partial charge is 0.379 e. The van der Waals surface area contributed by atoms with Crippen LogP contribution in [0.25, 0.3) is 0 Å². The Morgan fingerprint density at radius 3 is 2.77 bits per heavy atom. The molecule has 6 nitrogen and oxygen atoms in total. The lowest BCUT2D eigenvalue weighted by Gasteiger charge is -2.38. The predicted octanol–water partition coefficient (Wildman–Crippen LogP) is 0.166. The molecule has 6 heteroatoms. The average Bonchev–Trinajstić information content (AvgIpc) is 3.32. The molecule has 2 rings (SSSR count). The van der Waals surface area contributed by atoms with Crippen LogP contribution in [0.3, 0.4) is 0 Å². The number of guanidine groups is 1. The van der Waals surface area contributed by atoms with Crippen LogP contribution in [0.5, 0.6) is 0 Å². The molecule has 1 atom stereocenters. The van der Waals surface area contributed by atoms with Crippen molar-refractivity contribution in [3.05, 3.63) is 0 Å². The van der Waals surface area contributed by atoms with Crippen LogP contribution in [0, 0.1) is 5.92 Å². The number of rotatable bonds is 7. The Labute approximate surface area is 135 Å². The van der Waals surface area contributed by atoms with Crippen molar-refractivity contribution in [3.63, 3.8) is 0 Å². The molecule has 2 fully saturated rings. The first-order valence-electron chi connectivity index (χ1n) is 8.48. The first-order valence-corrected chi connectivity index (χ1v) is 8.48. The van der Waals surface area contributed by atoms with Gasteiger partial charge in [0.25, 0.3) is 0 Å². The van der Waals surface area contributed by atoms with Crippen LogP contribution in [0.4, 0.5) is 0 Å². The zero-order chi connectivity index (χ0) is 15.9. The number of piperazine rings is 1. The van der Waals surface area contributed by atoms with Crippen molar-refractivity contribution in [2.45, 2.75) is 18.9 Å². The predicted molar refractivity (Wildman–Crippen MR) is 91.4 cm³/mol. The summed E-state index contributed by atoms with van der Waals surface area (Å²) in [7, 11) is 8.32. The third-order valence-electron chi connectivity index (χ3n) is 4.67. The molecule has 128 valence electrons. The molecule has 0 spiro atoms. The van der Waals surface area contributed by atoms with Crippen LogP contribution in [-0.4, -0.2) is 101 Å². The SMILES string of the molecule is CN=C(NCC1CN(C)CCN1C)N(C)CCOCC1CC1. The van der Waals surface area contributed by atoms with Crippen LogP contribution >= 0.6 is 0 Å². The molecule has 1 aliphatic carbocycles. The summed E-state index contributed by atoms with van der Waals surface area (Å²) in [4.78, 5) is 11.4. The highest BCUT2D eigenvalue weighted by molar-refractivity contribution is 5.79. The minimum absolute atomic E-state index is 0.537. The molecule has 1 aliphatic heterocycles. The highest BCUT2D eigenvalue weighted by Crippen LogP contribution is 2.28. The molecule has 1 saturated carbocycles. The number of likely N-dealkylation sites (N-methyl/N-ethyl adjacent to an activating group) is 3. The summed E-state index contributed by atoms with van der Waals surface area (Å²) in [5.74, 6) is 1.79. The first-order chi connectivity index (χ1) is 10.6. The van der Waals surface area contributed by atoms with Crippen LogP contribution in [0.1, 0.15) is 12.8 Å². The minimum atomic E-state index is 0.537. The lowest BCUT2D eigenvalue weighted by Crippen LogP contribution is -2.55. The van der Waals surface area contributed by atoms with Gasteiger partial charge in [0.05, 0.1) is 6.61 Å². The molecule has 2 aliphatic rings. The van der Waals surface area contributed by atoms with Crippen molar-refractivity contribution in [1.82, 2.24) is 20.0 Å². The van der Waals surface area contributed by atoms with Crippen LogP contribution in [0.2, 0.25) is 0 Å². The van der Waals surface area contributed by atoms with Crippen molar-refractivity contribution >= 4 is 5.96 Å². The third-order valence-corrected chi connectivity index (χ3v) is 4.67. The van der Waals surface area contributed by atoms with Gasteiger partial charge < -0.3 is 19.9 Å². The number of hydrogen-bond acceptors (Lipinski definition) is 4. The van der Waals surface area contributed by atoms with Gasteiger partial charge in [-0.25, -0.2) is 0 Å². The monoisotopic (exact) mass is 311 g/mol. The van der Waals surface area contributed by atoms with Crippen molar-refractivity contribution in [2.75, 3.05) is 74.1 Å². The van der Waals surface area contributed by atoms with Gasteiger partial charge in [0, 0.05) is 59.5 Å². The van der Waals surface area contributed by atoms with Gasteiger partial charge in [0.1, 0.15) is 0 Å². The highest BCUT2D eigenvalue weighted by Gasteiger charge is 2.23. The lowest BCUT2D eigenvalue weighted by atomic mass is 10.2. The fraction of sp³-hybridized carbons (Fsp3) is 0.938. The van der Waals surface area contributed by atoms with Gasteiger partial charge in [0.15, 0.2) is 5.96 Å². The van der Waals surface area contributed by atoms with Crippen LogP contribution < -0.4 is 5.32 Å². The summed E-state index contributed by atoms with van der Waals surface area (Å²) in [5, 5.41) is 3.50. The van der Waals surface area contributed by atoms with Gasteiger partial charge >= 0.3 is 0 Å². The summed E-state index contributed by atoms with van der Waals surface area (Å²) in [6.07, 6.45) is 2.70. The van der Waals surface area contributed by atoms with Gasteiger partial charge in [-0.05, 0) is 32.9 Å². The maximum atomic E-state index is 5.71. The summed E-state index contributed by atoms with van der Waals surface area (Å²) in [5.41, 5.74) is 0. The smallest absolute Gasteiger partial charge is 0.193 e. The van der Waals surface area contributed by atoms with E-state index in [-0.39, 0.29) is 0 Å². The number of aliphatic imine (C=N–C) groups is 1. The van der Waals surface area contributed by atoms with E-state index in [4.69, 9.17) is 4.74 Å². The quantitative estimate of drug-likeness (QED) is 0.412. The normalized spacial score (nSPS) is 24.5. The van der Waals surface area contributed by atoms with Crippen molar-refractivity contribution < 1.29 is 4.74 Å². The Kier molecular flexibility index (Phi) is 6.92. The van der Waals surface area contributed by atoms with E-state index in [1.54, 1.807) is 0 Å². The Balaban J connectivity index is 1.66. The van der Waals surface area contributed by atoms with E-state index in [2.05, 4.69) is 46.2 Å². The Morgan fingerprint density at radius 1 is 1.32 bits per heavy atom. The summed E-state index contributed by atoms with van der Waals surface area (Å²) < 4.78 is 5.71. The standard InChI is InChI=1S/C16H33N5O/c1-17-16(21(4)9-10-22-13-14-5-6-14)18-11-15-12-19(2)7-8-20(15)3/h14-15H,5-13H2,1-4H3,(H,17,18). The van der Waals surface area contributed by atoms with Crippen LogP contribution in [-0.2, 0) is 4.74 Å². The summed E-state index contributed by atoms with van der Waals surface area (Å²) in [6, 6.07) is 0.537. The fourth-order valence-electron chi connectivity index (χ4n) is 2.76. The molecule has 0 aromatic carbocycles. The molecule has 1 heterocycles. The van der Waals surface area contributed by atoms with E-state index in [0.717, 1.165) is 57.8 Å².